The van der Waals surface area contributed by atoms with E-state index in [0.717, 1.165) is 0 Å². The normalized spacial score (nSPS) is 39.4. The summed E-state index contributed by atoms with van der Waals surface area (Å²) < 4.78 is 5.19. The van der Waals surface area contributed by atoms with Gasteiger partial charge in [0.15, 0.2) is 0 Å². The molecule has 5 nitrogen and oxygen atoms in total. The number of esters is 1. The lowest BCUT2D eigenvalue weighted by molar-refractivity contribution is -0.206. The standard InChI is InChI=1S/C12H22O5/c1-6(13)5-12(4,16)10-7(2)9(14)8(3)11(15)17-10/h6-10,13-14,16H,5H2,1-4H3/t6-,7+,8-,9+,10-,12-/m1/s1. The Kier molecular flexibility index (Phi) is 4.17. The van der Waals surface area contributed by atoms with Gasteiger partial charge < -0.3 is 20.1 Å². The van der Waals surface area contributed by atoms with E-state index in [-0.39, 0.29) is 12.3 Å². The van der Waals surface area contributed by atoms with Crippen LogP contribution in [0.2, 0.25) is 0 Å². The quantitative estimate of drug-likeness (QED) is 0.613. The Bertz CT molecular complexity index is 287. The minimum atomic E-state index is -1.34. The highest BCUT2D eigenvalue weighted by atomic mass is 16.6. The average molecular weight is 246 g/mol. The molecule has 0 radical (unpaired) electrons. The SMILES string of the molecule is C[C@H]1[C@H](O)[C@@H](C)C(=O)O[C@H]1[C@](C)(O)C[C@@H](C)O. The van der Waals surface area contributed by atoms with Crippen molar-refractivity contribution in [2.45, 2.75) is 58.0 Å². The van der Waals surface area contributed by atoms with Gasteiger partial charge >= 0.3 is 5.97 Å². The van der Waals surface area contributed by atoms with Gasteiger partial charge in [0.05, 0.1) is 18.1 Å². The molecule has 1 aliphatic rings. The van der Waals surface area contributed by atoms with Crippen LogP contribution in [0, 0.1) is 11.8 Å². The predicted octanol–water partition coefficient (Wildman–Crippen LogP) is 0.0668. The van der Waals surface area contributed by atoms with Gasteiger partial charge in [-0.3, -0.25) is 4.79 Å². The Morgan fingerprint density at radius 1 is 1.47 bits per heavy atom. The number of carbonyl (C=O) groups excluding carboxylic acids is 1. The van der Waals surface area contributed by atoms with E-state index in [4.69, 9.17) is 4.74 Å². The fourth-order valence-electron chi connectivity index (χ4n) is 2.52. The van der Waals surface area contributed by atoms with Gasteiger partial charge in [0.2, 0.25) is 0 Å². The Morgan fingerprint density at radius 2 is 2.00 bits per heavy atom. The molecule has 1 saturated heterocycles. The predicted molar refractivity (Wildman–Crippen MR) is 61.1 cm³/mol. The lowest BCUT2D eigenvalue weighted by Crippen LogP contribution is -2.56. The van der Waals surface area contributed by atoms with Crippen molar-refractivity contribution in [3.8, 4) is 0 Å². The second-order valence-corrected chi connectivity index (χ2v) is 5.41. The zero-order valence-corrected chi connectivity index (χ0v) is 10.8. The van der Waals surface area contributed by atoms with Crippen LogP contribution in [0.1, 0.15) is 34.1 Å². The first kappa shape index (κ1) is 14.4. The molecular formula is C12H22O5. The number of hydrogen-bond donors (Lipinski definition) is 3. The molecule has 6 atom stereocenters. The maximum absolute atomic E-state index is 11.5. The summed E-state index contributed by atoms with van der Waals surface area (Å²) in [6, 6.07) is 0. The molecule has 1 fully saturated rings. The Labute approximate surface area is 101 Å². The lowest BCUT2D eigenvalue weighted by atomic mass is 9.77. The van der Waals surface area contributed by atoms with Crippen LogP contribution < -0.4 is 0 Å². The first-order chi connectivity index (χ1) is 7.66. The number of aliphatic hydroxyl groups excluding tert-OH is 2. The molecule has 0 spiro atoms. The highest BCUT2D eigenvalue weighted by Crippen LogP contribution is 2.34. The Morgan fingerprint density at radius 3 is 2.47 bits per heavy atom. The van der Waals surface area contributed by atoms with Crippen molar-refractivity contribution in [1.29, 1.82) is 0 Å². The molecule has 0 bridgehead atoms. The maximum atomic E-state index is 11.5. The molecule has 100 valence electrons. The molecule has 0 amide bonds. The summed E-state index contributed by atoms with van der Waals surface area (Å²) in [6.07, 6.45) is -2.24. The number of ether oxygens (including phenoxy) is 1. The molecule has 0 unspecified atom stereocenters. The van der Waals surface area contributed by atoms with Crippen LogP contribution in [-0.4, -0.2) is 45.2 Å². The molecule has 0 aliphatic carbocycles. The number of rotatable bonds is 3. The molecule has 0 aromatic carbocycles. The van der Waals surface area contributed by atoms with Gasteiger partial charge in [-0.15, -0.1) is 0 Å². The van der Waals surface area contributed by atoms with Gasteiger partial charge in [-0.2, -0.15) is 0 Å². The highest BCUT2D eigenvalue weighted by Gasteiger charge is 2.48. The van der Waals surface area contributed by atoms with Crippen LogP contribution in [0.15, 0.2) is 0 Å². The molecule has 0 saturated carbocycles. The molecular weight excluding hydrogens is 224 g/mol. The van der Waals surface area contributed by atoms with Crippen molar-refractivity contribution in [2.24, 2.45) is 11.8 Å². The van der Waals surface area contributed by atoms with Gasteiger partial charge in [-0.05, 0) is 20.8 Å². The first-order valence-electron chi connectivity index (χ1n) is 5.96. The van der Waals surface area contributed by atoms with Gasteiger partial charge in [0.25, 0.3) is 0 Å². The second kappa shape index (κ2) is 4.92. The summed E-state index contributed by atoms with van der Waals surface area (Å²) in [7, 11) is 0. The van der Waals surface area contributed by atoms with Crippen molar-refractivity contribution >= 4 is 5.97 Å². The van der Waals surface area contributed by atoms with E-state index in [1.807, 2.05) is 0 Å². The summed E-state index contributed by atoms with van der Waals surface area (Å²) >= 11 is 0. The minimum Gasteiger partial charge on any atom is -0.459 e. The van der Waals surface area contributed by atoms with E-state index in [1.54, 1.807) is 20.8 Å². The van der Waals surface area contributed by atoms with E-state index in [2.05, 4.69) is 0 Å². The van der Waals surface area contributed by atoms with Gasteiger partial charge in [0.1, 0.15) is 11.7 Å². The van der Waals surface area contributed by atoms with Crippen LogP contribution in [0.5, 0.6) is 0 Å². The van der Waals surface area contributed by atoms with Crippen LogP contribution in [0.4, 0.5) is 0 Å². The van der Waals surface area contributed by atoms with E-state index < -0.39 is 35.8 Å². The molecule has 1 rings (SSSR count). The van der Waals surface area contributed by atoms with Crippen molar-refractivity contribution in [3.05, 3.63) is 0 Å². The van der Waals surface area contributed by atoms with Crippen LogP contribution in [0.25, 0.3) is 0 Å². The van der Waals surface area contributed by atoms with Crippen molar-refractivity contribution < 1.29 is 24.9 Å². The molecule has 5 heteroatoms. The van der Waals surface area contributed by atoms with E-state index in [1.165, 1.54) is 6.92 Å². The molecule has 17 heavy (non-hydrogen) atoms. The number of carbonyl (C=O) groups is 1. The average Bonchev–Trinajstić information content (AvgIpc) is 2.18. The Hall–Kier alpha value is -0.650. The topological polar surface area (TPSA) is 87.0 Å². The third-order valence-electron chi connectivity index (χ3n) is 3.47. The minimum absolute atomic E-state index is 0.0936. The molecule has 1 heterocycles. The fourth-order valence-corrected chi connectivity index (χ4v) is 2.52. The zero-order chi connectivity index (χ0) is 13.4. The molecule has 3 N–H and O–H groups in total. The van der Waals surface area contributed by atoms with E-state index >= 15 is 0 Å². The molecule has 0 aromatic rings. The summed E-state index contributed by atoms with van der Waals surface area (Å²) in [5, 5.41) is 29.5. The highest BCUT2D eigenvalue weighted by molar-refractivity contribution is 5.74. The third kappa shape index (κ3) is 2.97. The zero-order valence-electron chi connectivity index (χ0n) is 10.8. The fraction of sp³-hybridized carbons (Fsp3) is 0.917. The van der Waals surface area contributed by atoms with Crippen molar-refractivity contribution in [3.63, 3.8) is 0 Å². The second-order valence-electron chi connectivity index (χ2n) is 5.41. The third-order valence-corrected chi connectivity index (χ3v) is 3.47. The van der Waals surface area contributed by atoms with Crippen LogP contribution in [0.3, 0.4) is 0 Å². The van der Waals surface area contributed by atoms with E-state index in [0.29, 0.717) is 0 Å². The van der Waals surface area contributed by atoms with Crippen molar-refractivity contribution in [2.75, 3.05) is 0 Å². The summed E-state index contributed by atoms with van der Waals surface area (Å²) in [6.45, 7) is 6.40. The smallest absolute Gasteiger partial charge is 0.311 e. The summed E-state index contributed by atoms with van der Waals surface area (Å²) in [5.41, 5.74) is -1.34. The van der Waals surface area contributed by atoms with Gasteiger partial charge in [-0.1, -0.05) is 6.92 Å². The lowest BCUT2D eigenvalue weighted by Gasteiger charge is -2.43. The van der Waals surface area contributed by atoms with Gasteiger partial charge in [-0.25, -0.2) is 0 Å². The van der Waals surface area contributed by atoms with E-state index in [9.17, 15) is 20.1 Å². The summed E-state index contributed by atoms with van der Waals surface area (Å²) in [5.74, 6) is -1.45. The largest absolute Gasteiger partial charge is 0.459 e. The van der Waals surface area contributed by atoms with Crippen LogP contribution >= 0.6 is 0 Å². The van der Waals surface area contributed by atoms with Crippen molar-refractivity contribution in [1.82, 2.24) is 0 Å². The van der Waals surface area contributed by atoms with Crippen LogP contribution in [-0.2, 0) is 9.53 Å². The Balaban J connectivity index is 2.86. The van der Waals surface area contributed by atoms with Gasteiger partial charge in [0, 0.05) is 12.3 Å². The number of hydrogen-bond acceptors (Lipinski definition) is 5. The number of cyclic esters (lactones) is 1. The molecule has 1 aliphatic heterocycles. The summed E-state index contributed by atoms with van der Waals surface area (Å²) in [4.78, 5) is 11.5. The first-order valence-corrected chi connectivity index (χ1v) is 5.96. The molecule has 0 aromatic heterocycles. The monoisotopic (exact) mass is 246 g/mol. The maximum Gasteiger partial charge on any atom is 0.311 e. The number of aliphatic hydroxyl groups is 3.